The Morgan fingerprint density at radius 1 is 1.09 bits per heavy atom. The summed E-state index contributed by atoms with van der Waals surface area (Å²) in [6, 6.07) is 12.3. The Labute approximate surface area is 138 Å². The van der Waals surface area contributed by atoms with Gasteiger partial charge in [0.25, 0.3) is 0 Å². The van der Waals surface area contributed by atoms with Gasteiger partial charge < -0.3 is 14.9 Å². The number of para-hydroxylation sites is 1. The van der Waals surface area contributed by atoms with Crippen LogP contribution in [0.3, 0.4) is 0 Å². The summed E-state index contributed by atoms with van der Waals surface area (Å²) in [5, 5.41) is 20.7. The summed E-state index contributed by atoms with van der Waals surface area (Å²) in [5.74, 6) is 0.369. The second kappa shape index (κ2) is 6.18. The van der Waals surface area contributed by atoms with Gasteiger partial charge in [-0.05, 0) is 35.9 Å². The SMILES string of the molecule is COc1cc(C=Cc2ccc3cccc(O)c3n2)cc(Cl)c1O. The molecule has 0 unspecified atom stereocenters. The van der Waals surface area contributed by atoms with Gasteiger partial charge in [-0.1, -0.05) is 35.9 Å². The van der Waals surface area contributed by atoms with E-state index in [-0.39, 0.29) is 16.5 Å². The van der Waals surface area contributed by atoms with Crippen LogP contribution in [0.5, 0.6) is 17.2 Å². The number of hydrogen-bond acceptors (Lipinski definition) is 4. The monoisotopic (exact) mass is 327 g/mol. The number of nitrogens with zero attached hydrogens (tertiary/aromatic N) is 1. The number of methoxy groups -OCH3 is 1. The highest BCUT2D eigenvalue weighted by molar-refractivity contribution is 6.32. The van der Waals surface area contributed by atoms with Crippen molar-refractivity contribution in [1.82, 2.24) is 4.98 Å². The third-order valence-electron chi connectivity index (χ3n) is 3.44. The molecule has 0 aliphatic carbocycles. The first kappa shape index (κ1) is 15.2. The summed E-state index contributed by atoms with van der Waals surface area (Å²) in [6.07, 6.45) is 3.61. The Morgan fingerprint density at radius 3 is 2.70 bits per heavy atom. The van der Waals surface area contributed by atoms with Crippen LogP contribution >= 0.6 is 11.6 Å². The van der Waals surface area contributed by atoms with Crippen LogP contribution in [0.25, 0.3) is 23.1 Å². The van der Waals surface area contributed by atoms with E-state index in [2.05, 4.69) is 4.98 Å². The second-order valence-corrected chi connectivity index (χ2v) is 5.38. The molecule has 1 heterocycles. The van der Waals surface area contributed by atoms with Crippen molar-refractivity contribution in [2.75, 3.05) is 7.11 Å². The van der Waals surface area contributed by atoms with Crippen LogP contribution < -0.4 is 4.74 Å². The Hall–Kier alpha value is -2.72. The van der Waals surface area contributed by atoms with Gasteiger partial charge in [0, 0.05) is 5.39 Å². The number of benzene rings is 2. The standard InChI is InChI=1S/C18H14ClNO3/c1-23-16-10-11(9-14(19)18(16)22)5-7-13-8-6-12-3-2-4-15(21)17(12)20-13/h2-10,21-22H,1H3. The van der Waals surface area contributed by atoms with Crippen LogP contribution in [-0.2, 0) is 0 Å². The van der Waals surface area contributed by atoms with Crippen molar-refractivity contribution in [1.29, 1.82) is 0 Å². The molecule has 0 atom stereocenters. The largest absolute Gasteiger partial charge is 0.506 e. The summed E-state index contributed by atoms with van der Waals surface area (Å²) in [5.41, 5.74) is 2.02. The maximum Gasteiger partial charge on any atom is 0.176 e. The summed E-state index contributed by atoms with van der Waals surface area (Å²) >= 11 is 5.97. The predicted molar refractivity (Wildman–Crippen MR) is 92.0 cm³/mol. The highest BCUT2D eigenvalue weighted by atomic mass is 35.5. The van der Waals surface area contributed by atoms with Crippen molar-refractivity contribution in [3.05, 3.63) is 58.7 Å². The lowest BCUT2D eigenvalue weighted by Crippen LogP contribution is -1.86. The summed E-state index contributed by atoms with van der Waals surface area (Å²) in [6.45, 7) is 0. The number of rotatable bonds is 3. The van der Waals surface area contributed by atoms with E-state index in [1.54, 1.807) is 30.3 Å². The van der Waals surface area contributed by atoms with E-state index in [0.717, 1.165) is 10.9 Å². The van der Waals surface area contributed by atoms with Gasteiger partial charge in [-0.3, -0.25) is 0 Å². The Balaban J connectivity index is 1.97. The third kappa shape index (κ3) is 3.07. The molecule has 0 bridgehead atoms. The van der Waals surface area contributed by atoms with Gasteiger partial charge in [-0.15, -0.1) is 0 Å². The average Bonchev–Trinajstić information content (AvgIpc) is 2.56. The fourth-order valence-corrected chi connectivity index (χ4v) is 2.49. The second-order valence-electron chi connectivity index (χ2n) is 4.97. The zero-order valence-corrected chi connectivity index (χ0v) is 13.1. The first-order valence-corrected chi connectivity index (χ1v) is 7.29. The lowest BCUT2D eigenvalue weighted by Gasteiger charge is -2.06. The van der Waals surface area contributed by atoms with E-state index in [0.29, 0.717) is 17.0 Å². The molecule has 0 radical (unpaired) electrons. The molecule has 4 nitrogen and oxygen atoms in total. The number of phenols is 2. The molecule has 0 spiro atoms. The van der Waals surface area contributed by atoms with Crippen LogP contribution in [0.15, 0.2) is 42.5 Å². The van der Waals surface area contributed by atoms with Gasteiger partial charge in [-0.2, -0.15) is 0 Å². The summed E-state index contributed by atoms with van der Waals surface area (Å²) in [4.78, 5) is 4.42. The molecule has 0 fully saturated rings. The molecule has 3 aromatic rings. The predicted octanol–water partition coefficient (Wildman–Crippen LogP) is 4.48. The number of aromatic hydroxyl groups is 2. The van der Waals surface area contributed by atoms with Crippen molar-refractivity contribution >= 4 is 34.7 Å². The smallest absolute Gasteiger partial charge is 0.176 e. The van der Waals surface area contributed by atoms with Crippen LogP contribution in [0.4, 0.5) is 0 Å². The first-order chi connectivity index (χ1) is 11.1. The molecule has 3 rings (SSSR count). The van der Waals surface area contributed by atoms with E-state index in [1.807, 2.05) is 24.3 Å². The van der Waals surface area contributed by atoms with E-state index < -0.39 is 0 Å². The number of fused-ring (bicyclic) bond motifs is 1. The van der Waals surface area contributed by atoms with Crippen molar-refractivity contribution in [3.8, 4) is 17.2 Å². The minimum atomic E-state index is -0.0833. The highest BCUT2D eigenvalue weighted by Gasteiger charge is 2.07. The zero-order valence-electron chi connectivity index (χ0n) is 12.3. The zero-order chi connectivity index (χ0) is 16.4. The van der Waals surface area contributed by atoms with Gasteiger partial charge in [0.15, 0.2) is 11.5 Å². The number of pyridine rings is 1. The highest BCUT2D eigenvalue weighted by Crippen LogP contribution is 2.35. The van der Waals surface area contributed by atoms with Crippen molar-refractivity contribution in [2.45, 2.75) is 0 Å². The quantitative estimate of drug-likeness (QED) is 0.744. The van der Waals surface area contributed by atoms with Gasteiger partial charge in [0.2, 0.25) is 0 Å². The minimum absolute atomic E-state index is 0.0833. The normalized spacial score (nSPS) is 11.2. The van der Waals surface area contributed by atoms with Gasteiger partial charge in [0.1, 0.15) is 11.3 Å². The fraction of sp³-hybridized carbons (Fsp3) is 0.0556. The number of hydrogen-bond donors (Lipinski definition) is 2. The molecule has 0 saturated heterocycles. The number of aromatic nitrogens is 1. The Kier molecular flexibility index (Phi) is 4.08. The molecule has 116 valence electrons. The molecular formula is C18H14ClNO3. The van der Waals surface area contributed by atoms with Crippen LogP contribution in [-0.4, -0.2) is 22.3 Å². The van der Waals surface area contributed by atoms with Gasteiger partial charge in [0.05, 0.1) is 17.8 Å². The molecule has 5 heteroatoms. The molecule has 23 heavy (non-hydrogen) atoms. The van der Waals surface area contributed by atoms with E-state index >= 15 is 0 Å². The third-order valence-corrected chi connectivity index (χ3v) is 3.73. The molecule has 2 N–H and O–H groups in total. The Morgan fingerprint density at radius 2 is 1.91 bits per heavy atom. The molecule has 0 saturated carbocycles. The molecule has 0 amide bonds. The maximum absolute atomic E-state index is 9.87. The number of halogens is 1. The number of phenolic OH excluding ortho intramolecular Hbond substituents is 2. The molecule has 0 aliphatic heterocycles. The lowest BCUT2D eigenvalue weighted by atomic mass is 10.1. The Bertz CT molecular complexity index is 906. The summed E-state index contributed by atoms with van der Waals surface area (Å²) < 4.78 is 5.07. The summed E-state index contributed by atoms with van der Waals surface area (Å²) in [7, 11) is 1.46. The van der Waals surface area contributed by atoms with Crippen molar-refractivity contribution < 1.29 is 14.9 Å². The molecular weight excluding hydrogens is 314 g/mol. The van der Waals surface area contributed by atoms with E-state index in [4.69, 9.17) is 16.3 Å². The number of ether oxygens (including phenoxy) is 1. The molecule has 2 aromatic carbocycles. The van der Waals surface area contributed by atoms with E-state index in [9.17, 15) is 10.2 Å². The maximum atomic E-state index is 9.87. The van der Waals surface area contributed by atoms with Gasteiger partial charge in [-0.25, -0.2) is 4.98 Å². The molecule has 0 aliphatic rings. The molecule has 1 aromatic heterocycles. The van der Waals surface area contributed by atoms with Crippen LogP contribution in [0, 0.1) is 0 Å². The van der Waals surface area contributed by atoms with E-state index in [1.165, 1.54) is 7.11 Å². The van der Waals surface area contributed by atoms with Crippen LogP contribution in [0.2, 0.25) is 5.02 Å². The lowest BCUT2D eigenvalue weighted by molar-refractivity contribution is 0.373. The minimum Gasteiger partial charge on any atom is -0.506 e. The van der Waals surface area contributed by atoms with Crippen molar-refractivity contribution in [3.63, 3.8) is 0 Å². The average molecular weight is 328 g/mol. The first-order valence-electron chi connectivity index (χ1n) is 6.92. The van der Waals surface area contributed by atoms with Crippen molar-refractivity contribution in [2.24, 2.45) is 0 Å². The van der Waals surface area contributed by atoms with Gasteiger partial charge >= 0.3 is 0 Å². The fourth-order valence-electron chi connectivity index (χ4n) is 2.27. The topological polar surface area (TPSA) is 62.6 Å². The van der Waals surface area contributed by atoms with Crippen LogP contribution in [0.1, 0.15) is 11.3 Å².